The average Bonchev–Trinajstić information content (AvgIpc) is 3.13. The maximum atomic E-state index is 12.9. The Morgan fingerprint density at radius 3 is 2.35 bits per heavy atom. The van der Waals surface area contributed by atoms with Gasteiger partial charge >= 0.3 is 6.03 Å². The molecule has 0 saturated carbocycles. The molecule has 3 aromatic carbocycles. The lowest BCUT2D eigenvalue weighted by Crippen LogP contribution is -2.18. The number of benzene rings is 3. The van der Waals surface area contributed by atoms with E-state index in [4.69, 9.17) is 5.73 Å². The van der Waals surface area contributed by atoms with Crippen molar-refractivity contribution >= 4 is 28.5 Å². The minimum Gasteiger partial charge on any atom is -0.366 e. The van der Waals surface area contributed by atoms with E-state index in [1.165, 1.54) is 16.7 Å². The van der Waals surface area contributed by atoms with Crippen molar-refractivity contribution in [2.45, 2.75) is 0 Å². The molecule has 9 heteroatoms. The Bertz CT molecular complexity index is 1300. The molecule has 0 saturated heterocycles. The molecule has 3 N–H and O–H groups in total. The number of nitrogens with one attached hydrogen (secondary N) is 1. The first-order valence-electron chi connectivity index (χ1n) is 9.16. The number of hydrogen-bond acceptors (Lipinski definition) is 5. The van der Waals surface area contributed by atoms with E-state index in [0.29, 0.717) is 33.3 Å². The van der Waals surface area contributed by atoms with Gasteiger partial charge < -0.3 is 11.1 Å². The van der Waals surface area contributed by atoms with Gasteiger partial charge in [-0.1, -0.05) is 30.3 Å². The number of amides is 2. The molecular formula is C22H16N4O5. The fourth-order valence-electron chi connectivity index (χ4n) is 3.27. The molecule has 0 atom stereocenters. The van der Waals surface area contributed by atoms with Crippen LogP contribution in [0.25, 0.3) is 22.0 Å². The van der Waals surface area contributed by atoms with Crippen LogP contribution in [0.2, 0.25) is 0 Å². The number of aromatic nitrogens is 1. The standard InChI is InChI=1S/C22H16N4O5/c23-21(27)15-8-6-14(7-9-15)19-13-25(22(28)24-16-4-2-1-3-5-16)20-11-10-17(12-18(19)20)31-26(29)30/h1-13H,(H2,23,27)(H,24,28). The molecule has 0 bridgehead atoms. The number of hydrogen-bond donors (Lipinski definition) is 2. The molecule has 0 unspecified atom stereocenters. The molecule has 2 amide bonds. The van der Waals surface area contributed by atoms with Crippen molar-refractivity contribution in [2.75, 3.05) is 5.32 Å². The molecule has 0 aliphatic rings. The van der Waals surface area contributed by atoms with Gasteiger partial charge in [0.15, 0.2) is 0 Å². The first-order valence-corrected chi connectivity index (χ1v) is 9.16. The molecule has 4 aromatic rings. The number of primary amides is 1. The smallest absolute Gasteiger partial charge is 0.330 e. The van der Waals surface area contributed by atoms with E-state index < -0.39 is 17.0 Å². The highest BCUT2D eigenvalue weighted by Gasteiger charge is 2.17. The highest BCUT2D eigenvalue weighted by atomic mass is 17.0. The quantitative estimate of drug-likeness (QED) is 0.374. The van der Waals surface area contributed by atoms with Crippen LogP contribution in [0.1, 0.15) is 10.4 Å². The summed E-state index contributed by atoms with van der Waals surface area (Å²) in [6.07, 6.45) is 1.62. The van der Waals surface area contributed by atoms with Gasteiger partial charge in [0.1, 0.15) is 5.75 Å². The Kier molecular flexibility index (Phi) is 5.07. The second-order valence-corrected chi connectivity index (χ2v) is 6.64. The predicted octanol–water partition coefficient (Wildman–Crippen LogP) is 4.06. The summed E-state index contributed by atoms with van der Waals surface area (Å²) < 4.78 is 1.41. The maximum Gasteiger partial charge on any atom is 0.330 e. The summed E-state index contributed by atoms with van der Waals surface area (Å²) in [6.45, 7) is 0. The fraction of sp³-hybridized carbons (Fsp3) is 0. The lowest BCUT2D eigenvalue weighted by molar-refractivity contribution is -0.711. The van der Waals surface area contributed by atoms with Crippen LogP contribution in [0.3, 0.4) is 0 Å². The van der Waals surface area contributed by atoms with Crippen LogP contribution in [-0.4, -0.2) is 21.6 Å². The van der Waals surface area contributed by atoms with Crippen molar-refractivity contribution in [1.29, 1.82) is 0 Å². The highest BCUT2D eigenvalue weighted by molar-refractivity contribution is 6.05. The van der Waals surface area contributed by atoms with Crippen LogP contribution < -0.4 is 15.9 Å². The van der Waals surface area contributed by atoms with E-state index in [1.54, 1.807) is 60.8 Å². The van der Waals surface area contributed by atoms with E-state index in [0.717, 1.165) is 0 Å². The van der Waals surface area contributed by atoms with Crippen LogP contribution in [0.5, 0.6) is 5.75 Å². The van der Waals surface area contributed by atoms with E-state index in [-0.39, 0.29) is 5.75 Å². The van der Waals surface area contributed by atoms with Gasteiger partial charge in [0.2, 0.25) is 5.91 Å². The van der Waals surface area contributed by atoms with Gasteiger partial charge in [0, 0.05) is 28.4 Å². The zero-order valence-corrected chi connectivity index (χ0v) is 16.0. The topological polar surface area (TPSA) is 129 Å². The molecule has 4 rings (SSSR count). The van der Waals surface area contributed by atoms with Crippen molar-refractivity contribution < 1.29 is 19.5 Å². The molecule has 0 aliphatic carbocycles. The van der Waals surface area contributed by atoms with Crippen molar-refractivity contribution in [2.24, 2.45) is 5.73 Å². The summed E-state index contributed by atoms with van der Waals surface area (Å²) in [4.78, 5) is 39.6. The summed E-state index contributed by atoms with van der Waals surface area (Å²) in [5.41, 5.74) is 8.11. The summed E-state index contributed by atoms with van der Waals surface area (Å²) in [5.74, 6) is -0.536. The number of carbonyl (C=O) groups excluding carboxylic acids is 2. The lowest BCUT2D eigenvalue weighted by atomic mass is 10.0. The zero-order valence-electron chi connectivity index (χ0n) is 16.0. The number of rotatable bonds is 5. The fourth-order valence-corrected chi connectivity index (χ4v) is 3.27. The summed E-state index contributed by atoms with van der Waals surface area (Å²) >= 11 is 0. The molecule has 1 heterocycles. The highest BCUT2D eigenvalue weighted by Crippen LogP contribution is 2.33. The van der Waals surface area contributed by atoms with Crippen molar-refractivity contribution in [3.8, 4) is 16.9 Å². The Labute approximate surface area is 175 Å². The molecule has 0 spiro atoms. The van der Waals surface area contributed by atoms with Gasteiger partial charge in [0.25, 0.3) is 5.09 Å². The zero-order chi connectivity index (χ0) is 22.0. The number of anilines is 1. The Morgan fingerprint density at radius 2 is 1.71 bits per heavy atom. The number of carbonyl (C=O) groups is 2. The first-order chi connectivity index (χ1) is 14.9. The number of nitrogens with two attached hydrogens (primary N) is 1. The summed E-state index contributed by atoms with van der Waals surface area (Å²) in [6, 6.07) is 19.6. The van der Waals surface area contributed by atoms with Crippen LogP contribution in [-0.2, 0) is 0 Å². The monoisotopic (exact) mass is 416 g/mol. The van der Waals surface area contributed by atoms with E-state index in [1.807, 2.05) is 6.07 Å². The first kappa shape index (κ1) is 19.6. The second kappa shape index (κ2) is 7.99. The Balaban J connectivity index is 1.82. The van der Waals surface area contributed by atoms with Crippen LogP contribution >= 0.6 is 0 Å². The van der Waals surface area contributed by atoms with Crippen LogP contribution in [0, 0.1) is 10.1 Å². The van der Waals surface area contributed by atoms with Gasteiger partial charge in [0.05, 0.1) is 5.52 Å². The predicted molar refractivity (Wildman–Crippen MR) is 114 cm³/mol. The third kappa shape index (κ3) is 4.06. The number of nitrogens with zero attached hydrogens (tertiary/aromatic N) is 2. The minimum atomic E-state index is -0.901. The number of fused-ring (bicyclic) bond motifs is 1. The lowest BCUT2D eigenvalue weighted by Gasteiger charge is -2.07. The van der Waals surface area contributed by atoms with Crippen molar-refractivity contribution in [1.82, 2.24) is 4.57 Å². The second-order valence-electron chi connectivity index (χ2n) is 6.64. The summed E-state index contributed by atoms with van der Waals surface area (Å²) in [7, 11) is 0. The van der Waals surface area contributed by atoms with Crippen molar-refractivity contribution in [3.63, 3.8) is 0 Å². The SMILES string of the molecule is NC(=O)c1ccc(-c2cn(C(=O)Nc3ccccc3)c3ccc(O[N+](=O)[O-])cc23)cc1. The Morgan fingerprint density at radius 1 is 1.00 bits per heavy atom. The van der Waals surface area contributed by atoms with Gasteiger partial charge in [-0.2, -0.15) is 0 Å². The third-order valence-electron chi connectivity index (χ3n) is 4.68. The van der Waals surface area contributed by atoms with Gasteiger partial charge in [-0.15, -0.1) is 10.1 Å². The Hall–Kier alpha value is -4.66. The van der Waals surface area contributed by atoms with Crippen LogP contribution in [0.4, 0.5) is 10.5 Å². The molecular weight excluding hydrogens is 400 g/mol. The van der Waals surface area contributed by atoms with Gasteiger partial charge in [-0.3, -0.25) is 14.2 Å². The summed E-state index contributed by atoms with van der Waals surface area (Å²) in [5, 5.41) is 13.2. The maximum absolute atomic E-state index is 12.9. The molecule has 9 nitrogen and oxygen atoms in total. The minimum absolute atomic E-state index is 0.0220. The van der Waals surface area contributed by atoms with E-state index >= 15 is 0 Å². The van der Waals surface area contributed by atoms with Crippen LogP contribution in [0.15, 0.2) is 79.0 Å². The van der Waals surface area contributed by atoms with E-state index in [9.17, 15) is 19.7 Å². The molecule has 31 heavy (non-hydrogen) atoms. The van der Waals surface area contributed by atoms with Gasteiger partial charge in [-0.25, -0.2) is 4.79 Å². The van der Waals surface area contributed by atoms with Crippen molar-refractivity contribution in [3.05, 3.63) is 94.7 Å². The van der Waals surface area contributed by atoms with Gasteiger partial charge in [-0.05, 0) is 48.0 Å². The largest absolute Gasteiger partial charge is 0.366 e. The van der Waals surface area contributed by atoms with E-state index in [2.05, 4.69) is 10.2 Å². The third-order valence-corrected chi connectivity index (χ3v) is 4.68. The molecule has 0 aliphatic heterocycles. The molecule has 154 valence electrons. The molecule has 0 fully saturated rings. The number of para-hydroxylation sites is 1. The molecule has 1 aromatic heterocycles. The average molecular weight is 416 g/mol. The molecule has 0 radical (unpaired) electrons. The normalized spacial score (nSPS) is 10.6.